The first kappa shape index (κ1) is 24.9. The minimum absolute atomic E-state index is 0.0983. The molecule has 0 fully saturated rings. The topological polar surface area (TPSA) is 103 Å². The van der Waals surface area contributed by atoms with Gasteiger partial charge in [-0.3, -0.25) is 9.52 Å². The molecule has 0 aromatic heterocycles. The van der Waals surface area contributed by atoms with Crippen LogP contribution in [0.3, 0.4) is 0 Å². The third kappa shape index (κ3) is 5.99. The second-order valence-corrected chi connectivity index (χ2v) is 9.42. The van der Waals surface area contributed by atoms with Crippen LogP contribution in [-0.2, 0) is 14.8 Å². The molecule has 0 unspecified atom stereocenters. The van der Waals surface area contributed by atoms with E-state index < -0.39 is 15.9 Å². The molecule has 34 heavy (non-hydrogen) atoms. The van der Waals surface area contributed by atoms with Crippen molar-refractivity contribution in [1.82, 2.24) is 0 Å². The largest absolute Gasteiger partial charge is 0.497 e. The van der Waals surface area contributed by atoms with E-state index in [4.69, 9.17) is 14.2 Å². The molecule has 0 heterocycles. The van der Waals surface area contributed by atoms with Gasteiger partial charge in [0.1, 0.15) is 17.2 Å². The van der Waals surface area contributed by atoms with E-state index in [-0.39, 0.29) is 11.5 Å². The Balaban J connectivity index is 1.67. The van der Waals surface area contributed by atoms with Crippen molar-refractivity contribution in [3.8, 4) is 17.2 Å². The van der Waals surface area contributed by atoms with Crippen molar-refractivity contribution in [3.63, 3.8) is 0 Å². The first-order valence-electron chi connectivity index (χ1n) is 10.5. The molecule has 0 aliphatic rings. The van der Waals surface area contributed by atoms with Crippen LogP contribution >= 0.6 is 0 Å². The lowest BCUT2D eigenvalue weighted by molar-refractivity contribution is -0.118. The third-order valence-corrected chi connectivity index (χ3v) is 6.63. The van der Waals surface area contributed by atoms with E-state index in [2.05, 4.69) is 10.0 Å². The Morgan fingerprint density at radius 2 is 1.56 bits per heavy atom. The fourth-order valence-electron chi connectivity index (χ4n) is 3.21. The van der Waals surface area contributed by atoms with Crippen LogP contribution < -0.4 is 24.2 Å². The van der Waals surface area contributed by atoms with E-state index in [9.17, 15) is 13.2 Å². The molecule has 180 valence electrons. The van der Waals surface area contributed by atoms with Gasteiger partial charge in [0.05, 0.1) is 24.8 Å². The van der Waals surface area contributed by atoms with Crippen molar-refractivity contribution in [2.24, 2.45) is 0 Å². The normalized spacial score (nSPS) is 11.0. The number of ether oxygens (including phenoxy) is 3. The number of anilines is 2. The van der Waals surface area contributed by atoms with Gasteiger partial charge in [0, 0.05) is 11.8 Å². The predicted molar refractivity (Wildman–Crippen MR) is 132 cm³/mol. The van der Waals surface area contributed by atoms with Crippen molar-refractivity contribution in [3.05, 3.63) is 71.3 Å². The summed E-state index contributed by atoms with van der Waals surface area (Å²) >= 11 is 0. The Morgan fingerprint density at radius 1 is 0.824 bits per heavy atom. The number of rotatable bonds is 9. The van der Waals surface area contributed by atoms with Crippen LogP contribution in [0.25, 0.3) is 0 Å². The fourth-order valence-corrected chi connectivity index (χ4v) is 4.35. The molecular weight excluding hydrogens is 456 g/mol. The summed E-state index contributed by atoms with van der Waals surface area (Å²) in [6.45, 7) is 5.33. The molecule has 0 saturated carbocycles. The molecule has 3 rings (SSSR count). The first-order valence-corrected chi connectivity index (χ1v) is 12.0. The Hall–Kier alpha value is -3.72. The standard InChI is InChI=1S/C25H28N2O6S/c1-16-6-7-19(12-17(16)2)27-34(29,30)21-9-11-23(18(3)13-21)33-15-25(28)26-22-14-20(31-4)8-10-24(22)32-5/h6-14,27H,15H2,1-5H3,(H,26,28). The van der Waals surface area contributed by atoms with Crippen molar-refractivity contribution in [2.45, 2.75) is 25.7 Å². The molecule has 8 nitrogen and oxygen atoms in total. The summed E-state index contributed by atoms with van der Waals surface area (Å²) in [7, 11) is -0.749. The van der Waals surface area contributed by atoms with E-state index in [1.807, 2.05) is 19.9 Å². The maximum atomic E-state index is 12.8. The minimum atomic E-state index is -3.78. The molecule has 2 N–H and O–H groups in total. The summed E-state index contributed by atoms with van der Waals surface area (Å²) in [6.07, 6.45) is 0. The maximum absolute atomic E-state index is 12.8. The molecule has 0 aliphatic carbocycles. The lowest BCUT2D eigenvalue weighted by Crippen LogP contribution is -2.21. The summed E-state index contributed by atoms with van der Waals surface area (Å²) < 4.78 is 44.2. The van der Waals surface area contributed by atoms with Gasteiger partial charge in [-0.05, 0) is 79.9 Å². The number of methoxy groups -OCH3 is 2. The van der Waals surface area contributed by atoms with Crippen LogP contribution in [0.15, 0.2) is 59.5 Å². The molecule has 3 aromatic carbocycles. The van der Waals surface area contributed by atoms with Crippen molar-refractivity contribution in [1.29, 1.82) is 0 Å². The Morgan fingerprint density at radius 3 is 2.21 bits per heavy atom. The van der Waals surface area contributed by atoms with E-state index in [1.165, 1.54) is 32.4 Å². The molecule has 0 bridgehead atoms. The lowest BCUT2D eigenvalue weighted by Gasteiger charge is -2.14. The highest BCUT2D eigenvalue weighted by atomic mass is 32.2. The Labute approximate surface area is 199 Å². The van der Waals surface area contributed by atoms with E-state index in [0.717, 1.165) is 11.1 Å². The molecular formula is C25H28N2O6S. The molecule has 3 aromatic rings. The van der Waals surface area contributed by atoms with Crippen molar-refractivity contribution < 1.29 is 27.4 Å². The smallest absolute Gasteiger partial charge is 0.262 e. The summed E-state index contributed by atoms with van der Waals surface area (Å²) in [5, 5.41) is 2.72. The summed E-state index contributed by atoms with van der Waals surface area (Å²) in [4.78, 5) is 12.5. The van der Waals surface area contributed by atoms with Gasteiger partial charge in [-0.25, -0.2) is 8.42 Å². The number of aryl methyl sites for hydroxylation is 3. The molecule has 0 atom stereocenters. The molecule has 0 saturated heterocycles. The third-order valence-electron chi connectivity index (χ3n) is 5.26. The van der Waals surface area contributed by atoms with Gasteiger partial charge in [0.15, 0.2) is 6.61 Å². The zero-order valence-electron chi connectivity index (χ0n) is 19.8. The number of hydrogen-bond acceptors (Lipinski definition) is 6. The number of benzene rings is 3. The van der Waals surface area contributed by atoms with Gasteiger partial charge in [0.2, 0.25) is 0 Å². The molecule has 0 spiro atoms. The van der Waals surface area contributed by atoms with E-state index in [0.29, 0.717) is 34.2 Å². The average molecular weight is 485 g/mol. The van der Waals surface area contributed by atoms with E-state index in [1.54, 1.807) is 37.3 Å². The van der Waals surface area contributed by atoms with Gasteiger partial charge in [-0.1, -0.05) is 6.07 Å². The van der Waals surface area contributed by atoms with Crippen LogP contribution in [0, 0.1) is 20.8 Å². The highest BCUT2D eigenvalue weighted by Gasteiger charge is 2.17. The Bertz CT molecular complexity index is 1300. The fraction of sp³-hybridized carbons (Fsp3) is 0.240. The quantitative estimate of drug-likeness (QED) is 0.465. The average Bonchev–Trinajstić information content (AvgIpc) is 2.80. The predicted octanol–water partition coefficient (Wildman–Crippen LogP) is 4.45. The van der Waals surface area contributed by atoms with Gasteiger partial charge < -0.3 is 19.5 Å². The Kier molecular flexibility index (Phi) is 7.68. The monoisotopic (exact) mass is 484 g/mol. The van der Waals surface area contributed by atoms with Gasteiger partial charge in [-0.15, -0.1) is 0 Å². The van der Waals surface area contributed by atoms with Crippen LogP contribution in [-0.4, -0.2) is 35.2 Å². The molecule has 9 heteroatoms. The number of carbonyl (C=O) groups excluding carboxylic acids is 1. The molecule has 1 amide bonds. The highest BCUT2D eigenvalue weighted by Crippen LogP contribution is 2.29. The zero-order valence-corrected chi connectivity index (χ0v) is 20.6. The maximum Gasteiger partial charge on any atom is 0.262 e. The number of sulfonamides is 1. The molecule has 0 radical (unpaired) electrons. The number of amides is 1. The molecule has 0 aliphatic heterocycles. The SMILES string of the molecule is COc1ccc(OC)c(NC(=O)COc2ccc(S(=O)(=O)Nc3ccc(C)c(C)c3)cc2C)c1. The summed E-state index contributed by atoms with van der Waals surface area (Å²) in [6, 6.07) is 14.9. The van der Waals surface area contributed by atoms with Crippen LogP contribution in [0.1, 0.15) is 16.7 Å². The highest BCUT2D eigenvalue weighted by molar-refractivity contribution is 7.92. The van der Waals surface area contributed by atoms with Crippen LogP contribution in [0.4, 0.5) is 11.4 Å². The summed E-state index contributed by atoms with van der Waals surface area (Å²) in [5.41, 5.74) is 3.59. The van der Waals surface area contributed by atoms with Crippen LogP contribution in [0.5, 0.6) is 17.2 Å². The first-order chi connectivity index (χ1) is 16.1. The lowest BCUT2D eigenvalue weighted by atomic mass is 10.1. The van der Waals surface area contributed by atoms with Crippen molar-refractivity contribution >= 4 is 27.3 Å². The van der Waals surface area contributed by atoms with E-state index >= 15 is 0 Å². The number of carbonyl (C=O) groups is 1. The van der Waals surface area contributed by atoms with Crippen LogP contribution in [0.2, 0.25) is 0 Å². The summed E-state index contributed by atoms with van der Waals surface area (Å²) in [5.74, 6) is 1.05. The van der Waals surface area contributed by atoms with Gasteiger partial charge >= 0.3 is 0 Å². The zero-order chi connectivity index (χ0) is 24.9. The minimum Gasteiger partial charge on any atom is -0.497 e. The number of hydrogen-bond donors (Lipinski definition) is 2. The van der Waals surface area contributed by atoms with Crippen molar-refractivity contribution in [2.75, 3.05) is 30.9 Å². The number of nitrogens with one attached hydrogen (secondary N) is 2. The van der Waals surface area contributed by atoms with Gasteiger partial charge in [-0.2, -0.15) is 0 Å². The van der Waals surface area contributed by atoms with Gasteiger partial charge in [0.25, 0.3) is 15.9 Å². The second-order valence-electron chi connectivity index (χ2n) is 7.73. The second kappa shape index (κ2) is 10.5.